The van der Waals surface area contributed by atoms with Crippen LogP contribution in [-0.2, 0) is 62.3 Å². The van der Waals surface area contributed by atoms with Crippen molar-refractivity contribution in [1.29, 1.82) is 0 Å². The lowest BCUT2D eigenvalue weighted by Gasteiger charge is -2.50. The molecule has 3 aliphatic rings. The van der Waals surface area contributed by atoms with E-state index >= 15 is 0 Å². The molecule has 324 valence electrons. The summed E-state index contributed by atoms with van der Waals surface area (Å²) in [7, 11) is 1.53. The maximum absolute atomic E-state index is 14.6. The molecule has 2 heterocycles. The molecule has 6 aromatic rings. The molecule has 0 bridgehead atoms. The van der Waals surface area contributed by atoms with Crippen molar-refractivity contribution in [2.24, 2.45) is 0 Å². The topological polar surface area (TPSA) is 102 Å². The van der Waals surface area contributed by atoms with Gasteiger partial charge in [-0.15, -0.1) is 0 Å². The van der Waals surface area contributed by atoms with Gasteiger partial charge in [-0.3, -0.25) is 4.79 Å². The minimum Gasteiger partial charge on any atom is -0.496 e. The highest BCUT2D eigenvalue weighted by atomic mass is 16.7. The number of fused-ring (bicyclic) bond motifs is 1. The van der Waals surface area contributed by atoms with Gasteiger partial charge in [-0.2, -0.15) is 0 Å². The summed E-state index contributed by atoms with van der Waals surface area (Å²) in [6.07, 6.45) is 1.39. The van der Waals surface area contributed by atoms with E-state index in [1.54, 1.807) is 18.2 Å². The van der Waals surface area contributed by atoms with E-state index in [0.717, 1.165) is 59.3 Å². The Hall–Kier alpha value is -5.65. The summed E-state index contributed by atoms with van der Waals surface area (Å²) in [5.74, 6) is -1.24. The van der Waals surface area contributed by atoms with Crippen molar-refractivity contribution in [2.75, 3.05) is 13.7 Å². The second-order valence-electron chi connectivity index (χ2n) is 16.8. The minimum absolute atomic E-state index is 0.0493. The molecule has 2 fully saturated rings. The van der Waals surface area contributed by atoms with Gasteiger partial charge in [0.15, 0.2) is 5.78 Å². The molecule has 5 atom stereocenters. The predicted octanol–water partition coefficient (Wildman–Crippen LogP) is 9.69. The lowest BCUT2D eigenvalue weighted by atomic mass is 9.74. The molecular formula is C54H54O9. The predicted molar refractivity (Wildman–Crippen MR) is 238 cm³/mol. The fourth-order valence-corrected chi connectivity index (χ4v) is 8.93. The number of carbonyl (C=O) groups excluding carboxylic acids is 1. The Morgan fingerprint density at radius 3 is 1.79 bits per heavy atom. The van der Waals surface area contributed by atoms with Crippen LogP contribution in [0.2, 0.25) is 0 Å². The van der Waals surface area contributed by atoms with Crippen LogP contribution in [0.3, 0.4) is 0 Å². The van der Waals surface area contributed by atoms with Crippen LogP contribution in [0.5, 0.6) is 11.5 Å². The Balaban J connectivity index is 1.11. The van der Waals surface area contributed by atoms with E-state index in [-0.39, 0.29) is 43.4 Å². The smallest absolute Gasteiger partial charge is 0.222 e. The van der Waals surface area contributed by atoms with E-state index in [0.29, 0.717) is 23.5 Å². The van der Waals surface area contributed by atoms with Crippen molar-refractivity contribution in [3.05, 3.63) is 202 Å². The molecule has 1 aliphatic carbocycles. The molecule has 1 spiro atoms. The Morgan fingerprint density at radius 2 is 1.22 bits per heavy atom. The van der Waals surface area contributed by atoms with Crippen molar-refractivity contribution >= 4 is 5.78 Å². The summed E-state index contributed by atoms with van der Waals surface area (Å²) in [6, 6.07) is 50.1. The largest absolute Gasteiger partial charge is 0.496 e. The number of hydrogen-bond donors (Lipinski definition) is 1. The average Bonchev–Trinajstić information content (AvgIpc) is 3.32. The first-order valence-corrected chi connectivity index (χ1v) is 21.9. The second kappa shape index (κ2) is 19.4. The molecule has 0 amide bonds. The number of aryl methyl sites for hydroxylation is 1. The molecule has 1 saturated heterocycles. The van der Waals surface area contributed by atoms with Crippen molar-refractivity contribution in [1.82, 2.24) is 0 Å². The third-order valence-corrected chi connectivity index (χ3v) is 12.6. The van der Waals surface area contributed by atoms with Gasteiger partial charge in [0.1, 0.15) is 41.5 Å². The van der Waals surface area contributed by atoms with Gasteiger partial charge in [-0.1, -0.05) is 121 Å². The van der Waals surface area contributed by atoms with Crippen LogP contribution >= 0.6 is 0 Å². The van der Waals surface area contributed by atoms with Gasteiger partial charge >= 0.3 is 0 Å². The number of hydrogen-bond acceptors (Lipinski definition) is 9. The molecule has 9 rings (SSSR count). The van der Waals surface area contributed by atoms with Gasteiger partial charge in [0.05, 0.1) is 45.7 Å². The van der Waals surface area contributed by atoms with Gasteiger partial charge in [0.25, 0.3) is 0 Å². The van der Waals surface area contributed by atoms with E-state index in [9.17, 15) is 9.90 Å². The Kier molecular flexibility index (Phi) is 13.1. The summed E-state index contributed by atoms with van der Waals surface area (Å²) in [5, 5.41) is 13.4. The van der Waals surface area contributed by atoms with Crippen LogP contribution < -0.4 is 9.47 Å². The molecule has 0 aromatic heterocycles. The summed E-state index contributed by atoms with van der Waals surface area (Å²) < 4.78 is 46.1. The number of benzene rings is 6. The lowest BCUT2D eigenvalue weighted by molar-refractivity contribution is -0.378. The molecular weight excluding hydrogens is 793 g/mol. The molecule has 9 heteroatoms. The number of ether oxygens (including phenoxy) is 7. The van der Waals surface area contributed by atoms with E-state index in [2.05, 4.69) is 0 Å². The highest BCUT2D eigenvalue weighted by Gasteiger charge is 2.57. The van der Waals surface area contributed by atoms with Crippen LogP contribution in [0.4, 0.5) is 0 Å². The Bertz CT molecular complexity index is 2420. The third-order valence-electron chi connectivity index (χ3n) is 12.6. The van der Waals surface area contributed by atoms with Crippen molar-refractivity contribution in [2.45, 2.75) is 94.3 Å². The lowest BCUT2D eigenvalue weighted by Crippen LogP contribution is -2.65. The number of methoxy groups -OCH3 is 1. The third kappa shape index (κ3) is 9.65. The Labute approximate surface area is 369 Å². The summed E-state index contributed by atoms with van der Waals surface area (Å²) in [6.45, 7) is 0.928. The summed E-state index contributed by atoms with van der Waals surface area (Å²) in [4.78, 5) is 14.6. The van der Waals surface area contributed by atoms with Crippen LogP contribution in [0.1, 0.15) is 75.0 Å². The normalized spacial score (nSPS) is 22.4. The fourth-order valence-electron chi connectivity index (χ4n) is 8.93. The zero-order valence-electron chi connectivity index (χ0n) is 35.6. The first kappa shape index (κ1) is 42.6. The second-order valence-corrected chi connectivity index (χ2v) is 16.8. The van der Waals surface area contributed by atoms with Crippen molar-refractivity contribution < 1.29 is 43.1 Å². The SMILES string of the molecule is COc1ccc(C2(O)O[C@H](COCc3ccccc3)[C@@H](OCc3ccccc3)[C@H](OCc3ccccc3)[C@H]2OCc2ccccc2)cc1C(=O)c1ccc2c(c1)CCC1(CCC1)O2. The Morgan fingerprint density at radius 1 is 0.651 bits per heavy atom. The fraction of sp³-hybridized carbons (Fsp3) is 0.315. The highest BCUT2D eigenvalue weighted by Crippen LogP contribution is 2.46. The summed E-state index contributed by atoms with van der Waals surface area (Å²) >= 11 is 0. The van der Waals surface area contributed by atoms with Crippen LogP contribution in [0, 0.1) is 0 Å². The average molecular weight is 847 g/mol. The monoisotopic (exact) mass is 846 g/mol. The van der Waals surface area contributed by atoms with E-state index in [1.165, 1.54) is 13.5 Å². The number of ketones is 1. The molecule has 0 radical (unpaired) electrons. The molecule has 1 N–H and O–H groups in total. The zero-order chi connectivity index (χ0) is 43.1. The number of rotatable bonds is 17. The van der Waals surface area contributed by atoms with E-state index in [4.69, 9.17) is 33.2 Å². The van der Waals surface area contributed by atoms with Gasteiger partial charge in [-0.05, 0) is 96.3 Å². The van der Waals surface area contributed by atoms with E-state index in [1.807, 2.05) is 140 Å². The highest BCUT2D eigenvalue weighted by molar-refractivity contribution is 6.11. The number of aliphatic hydroxyl groups is 1. The molecule has 1 saturated carbocycles. The summed E-state index contributed by atoms with van der Waals surface area (Å²) in [5.41, 5.74) is 5.77. The number of carbonyl (C=O) groups is 1. The van der Waals surface area contributed by atoms with Gasteiger partial charge in [0, 0.05) is 11.1 Å². The molecule has 9 nitrogen and oxygen atoms in total. The first-order valence-electron chi connectivity index (χ1n) is 21.9. The quantitative estimate of drug-likeness (QED) is 0.0900. The standard InChI is InChI=1S/C54H54O9/c1-57-47-26-24-44(32-45(47)49(55)43-23-25-46-42(31-43)27-30-53(62-46)28-14-29-53)54(56)52(61-36-41-21-12-5-13-22-41)51(60-35-40-19-10-4-11-20-40)50(59-34-39-17-8-3-9-18-39)48(63-54)37-58-33-38-15-6-2-7-16-38/h2-13,15-26,31-32,48,50-52,56H,14,27-30,33-37H2,1H3/t48-,50-,51+,52-,54?/m1/s1. The maximum atomic E-state index is 14.6. The maximum Gasteiger partial charge on any atom is 0.222 e. The molecule has 6 aromatic carbocycles. The van der Waals surface area contributed by atoms with Gasteiger partial charge < -0.3 is 38.3 Å². The van der Waals surface area contributed by atoms with Gasteiger partial charge in [0.2, 0.25) is 5.79 Å². The molecule has 63 heavy (non-hydrogen) atoms. The van der Waals surface area contributed by atoms with Crippen molar-refractivity contribution in [3.8, 4) is 11.5 Å². The zero-order valence-corrected chi connectivity index (χ0v) is 35.6. The first-order chi connectivity index (χ1) is 30.9. The minimum atomic E-state index is -2.17. The van der Waals surface area contributed by atoms with Crippen molar-refractivity contribution in [3.63, 3.8) is 0 Å². The molecule has 2 aliphatic heterocycles. The van der Waals surface area contributed by atoms with Gasteiger partial charge in [-0.25, -0.2) is 0 Å². The molecule has 1 unspecified atom stereocenters. The van der Waals surface area contributed by atoms with E-state index < -0.39 is 30.2 Å². The van der Waals surface area contributed by atoms with Crippen LogP contribution in [0.15, 0.2) is 158 Å². The van der Waals surface area contributed by atoms with Crippen LogP contribution in [0.25, 0.3) is 0 Å². The van der Waals surface area contributed by atoms with Crippen LogP contribution in [-0.4, -0.2) is 54.6 Å².